The van der Waals surface area contributed by atoms with Gasteiger partial charge < -0.3 is 24.7 Å². The Kier molecular flexibility index (Phi) is 8.23. The second-order valence-electron chi connectivity index (χ2n) is 4.63. The number of amides is 1. The summed E-state index contributed by atoms with van der Waals surface area (Å²) in [6.07, 6.45) is -2.04. The van der Waals surface area contributed by atoms with Crippen molar-refractivity contribution in [3.8, 4) is 0 Å². The number of methoxy groups -OCH3 is 1. The van der Waals surface area contributed by atoms with Gasteiger partial charge in [0.05, 0.1) is 13.2 Å². The number of nitrogen functional groups attached to an aromatic ring is 1. The van der Waals surface area contributed by atoms with Crippen molar-refractivity contribution < 1.29 is 28.5 Å². The lowest BCUT2D eigenvalue weighted by Crippen LogP contribution is -2.35. The lowest BCUT2D eigenvalue weighted by molar-refractivity contribution is -0.170. The SMILES string of the molecule is COCCOCC(=O)OC(C)OC(=O)NC(=N)c1ccc(N)cc1. The molecule has 1 aromatic carbocycles. The second-order valence-corrected chi connectivity index (χ2v) is 4.63. The Morgan fingerprint density at radius 3 is 2.50 bits per heavy atom. The molecule has 1 rings (SSSR count). The van der Waals surface area contributed by atoms with Crippen molar-refractivity contribution in [2.75, 3.05) is 32.7 Å². The van der Waals surface area contributed by atoms with Crippen LogP contribution in [0.4, 0.5) is 10.5 Å². The van der Waals surface area contributed by atoms with E-state index in [0.717, 1.165) is 0 Å². The van der Waals surface area contributed by atoms with Crippen molar-refractivity contribution in [1.29, 1.82) is 5.41 Å². The molecule has 0 radical (unpaired) electrons. The van der Waals surface area contributed by atoms with Crippen molar-refractivity contribution in [3.05, 3.63) is 29.8 Å². The topological polar surface area (TPSA) is 133 Å². The molecular weight excluding hydrogens is 318 g/mol. The number of amidine groups is 1. The van der Waals surface area contributed by atoms with Crippen LogP contribution in [-0.4, -0.2) is 51.1 Å². The van der Waals surface area contributed by atoms with Crippen molar-refractivity contribution in [2.45, 2.75) is 13.2 Å². The first kappa shape index (κ1) is 19.4. The largest absolute Gasteiger partial charge is 0.424 e. The maximum absolute atomic E-state index is 11.6. The first-order valence-electron chi connectivity index (χ1n) is 7.10. The highest BCUT2D eigenvalue weighted by atomic mass is 16.7. The van der Waals surface area contributed by atoms with Gasteiger partial charge in [0.2, 0.25) is 6.29 Å². The summed E-state index contributed by atoms with van der Waals surface area (Å²) in [5.74, 6) is -0.846. The number of alkyl carbamates (subject to hydrolysis) is 1. The quantitative estimate of drug-likeness (QED) is 0.160. The van der Waals surface area contributed by atoms with Gasteiger partial charge in [-0.3, -0.25) is 10.7 Å². The molecule has 4 N–H and O–H groups in total. The molecule has 9 heteroatoms. The van der Waals surface area contributed by atoms with Gasteiger partial charge in [-0.1, -0.05) is 0 Å². The zero-order valence-corrected chi connectivity index (χ0v) is 13.5. The number of anilines is 1. The summed E-state index contributed by atoms with van der Waals surface area (Å²) in [6.45, 7) is 1.70. The first-order valence-corrected chi connectivity index (χ1v) is 7.10. The number of carbonyl (C=O) groups is 2. The van der Waals surface area contributed by atoms with Crippen LogP contribution in [0.3, 0.4) is 0 Å². The molecule has 9 nitrogen and oxygen atoms in total. The number of benzene rings is 1. The maximum Gasteiger partial charge on any atom is 0.415 e. The Hall–Kier alpha value is -2.65. The molecular formula is C15H21N3O6. The van der Waals surface area contributed by atoms with E-state index in [9.17, 15) is 9.59 Å². The molecule has 0 fully saturated rings. The van der Waals surface area contributed by atoms with Crippen LogP contribution in [0.1, 0.15) is 12.5 Å². The number of ether oxygens (including phenoxy) is 4. The predicted molar refractivity (Wildman–Crippen MR) is 85.5 cm³/mol. The predicted octanol–water partition coefficient (Wildman–Crippen LogP) is 0.873. The van der Waals surface area contributed by atoms with Gasteiger partial charge in [-0.15, -0.1) is 0 Å². The third kappa shape index (κ3) is 7.56. The molecule has 0 aliphatic heterocycles. The monoisotopic (exact) mass is 339 g/mol. The smallest absolute Gasteiger partial charge is 0.415 e. The Balaban J connectivity index is 2.31. The second kappa shape index (κ2) is 10.2. The standard InChI is InChI=1S/C15H21N3O6/c1-10(23-13(19)9-22-8-7-21-2)24-15(20)18-14(17)11-3-5-12(16)6-4-11/h3-6,10H,7-9,16H2,1-2H3,(H2,17,18,20). The van der Waals surface area contributed by atoms with Gasteiger partial charge in [0.25, 0.3) is 0 Å². The molecule has 0 aliphatic carbocycles. The van der Waals surface area contributed by atoms with E-state index in [1.807, 2.05) is 0 Å². The number of carbonyl (C=O) groups excluding carboxylic acids is 2. The van der Waals surface area contributed by atoms with Gasteiger partial charge in [-0.05, 0) is 24.3 Å². The number of nitrogens with one attached hydrogen (secondary N) is 2. The first-order chi connectivity index (χ1) is 11.4. The highest BCUT2D eigenvalue weighted by molar-refractivity contribution is 6.04. The molecule has 0 aromatic heterocycles. The van der Waals surface area contributed by atoms with Crippen LogP contribution in [-0.2, 0) is 23.7 Å². The van der Waals surface area contributed by atoms with E-state index in [2.05, 4.69) is 5.32 Å². The molecule has 132 valence electrons. The van der Waals surface area contributed by atoms with Crippen LogP contribution >= 0.6 is 0 Å². The third-order valence-corrected chi connectivity index (χ3v) is 2.65. The summed E-state index contributed by atoms with van der Waals surface area (Å²) < 4.78 is 19.4. The zero-order valence-electron chi connectivity index (χ0n) is 13.5. The van der Waals surface area contributed by atoms with Crippen LogP contribution in [0.5, 0.6) is 0 Å². The van der Waals surface area contributed by atoms with Crippen molar-refractivity contribution in [3.63, 3.8) is 0 Å². The lowest BCUT2D eigenvalue weighted by atomic mass is 10.2. The molecule has 0 heterocycles. The molecule has 0 spiro atoms. The van der Waals surface area contributed by atoms with E-state index in [-0.39, 0.29) is 19.0 Å². The Labute approximate surface area is 139 Å². The van der Waals surface area contributed by atoms with Gasteiger partial charge in [-0.25, -0.2) is 9.59 Å². The third-order valence-electron chi connectivity index (χ3n) is 2.65. The molecule has 0 aliphatic rings. The highest BCUT2D eigenvalue weighted by Gasteiger charge is 2.15. The molecule has 0 bridgehead atoms. The summed E-state index contributed by atoms with van der Waals surface area (Å²) in [6, 6.07) is 6.37. The van der Waals surface area contributed by atoms with Gasteiger partial charge in [0, 0.05) is 25.3 Å². The Bertz CT molecular complexity index is 561. The van der Waals surface area contributed by atoms with Gasteiger partial charge >= 0.3 is 12.1 Å². The zero-order chi connectivity index (χ0) is 17.9. The number of esters is 1. The molecule has 1 aromatic rings. The molecule has 0 saturated carbocycles. The van der Waals surface area contributed by atoms with Gasteiger partial charge in [0.15, 0.2) is 0 Å². The number of rotatable bonds is 8. The molecule has 1 unspecified atom stereocenters. The van der Waals surface area contributed by atoms with Crippen molar-refractivity contribution in [1.82, 2.24) is 5.32 Å². The van der Waals surface area contributed by atoms with Crippen LogP contribution in [0, 0.1) is 5.41 Å². The van der Waals surface area contributed by atoms with Crippen LogP contribution in [0.2, 0.25) is 0 Å². The van der Waals surface area contributed by atoms with E-state index in [1.165, 1.54) is 14.0 Å². The summed E-state index contributed by atoms with van der Waals surface area (Å²) in [4.78, 5) is 23.1. The fraction of sp³-hybridized carbons (Fsp3) is 0.400. The van der Waals surface area contributed by atoms with Crippen LogP contribution in [0.25, 0.3) is 0 Å². The molecule has 1 atom stereocenters. The molecule has 1 amide bonds. The average Bonchev–Trinajstić information content (AvgIpc) is 2.51. The summed E-state index contributed by atoms with van der Waals surface area (Å²) in [5, 5.41) is 9.98. The minimum absolute atomic E-state index is 0.165. The summed E-state index contributed by atoms with van der Waals surface area (Å²) in [7, 11) is 1.51. The molecule has 24 heavy (non-hydrogen) atoms. The minimum atomic E-state index is -1.12. The maximum atomic E-state index is 11.6. The Morgan fingerprint density at radius 1 is 1.21 bits per heavy atom. The summed E-state index contributed by atoms with van der Waals surface area (Å²) >= 11 is 0. The van der Waals surface area contributed by atoms with Gasteiger partial charge in [-0.2, -0.15) is 0 Å². The summed E-state index contributed by atoms with van der Waals surface area (Å²) in [5.41, 5.74) is 6.54. The van der Waals surface area contributed by atoms with E-state index < -0.39 is 18.4 Å². The van der Waals surface area contributed by atoms with E-state index >= 15 is 0 Å². The van der Waals surface area contributed by atoms with Crippen LogP contribution in [0.15, 0.2) is 24.3 Å². The van der Waals surface area contributed by atoms with E-state index in [0.29, 0.717) is 17.9 Å². The molecule has 0 saturated heterocycles. The number of hydrogen-bond acceptors (Lipinski definition) is 8. The normalized spacial score (nSPS) is 11.4. The van der Waals surface area contributed by atoms with E-state index in [1.54, 1.807) is 24.3 Å². The van der Waals surface area contributed by atoms with Crippen molar-refractivity contribution in [2.24, 2.45) is 0 Å². The van der Waals surface area contributed by atoms with Crippen molar-refractivity contribution >= 4 is 23.6 Å². The minimum Gasteiger partial charge on any atom is -0.424 e. The highest BCUT2D eigenvalue weighted by Crippen LogP contribution is 2.05. The van der Waals surface area contributed by atoms with Gasteiger partial charge in [0.1, 0.15) is 12.4 Å². The number of nitrogens with two attached hydrogens (primary N) is 1. The number of hydrogen-bond donors (Lipinski definition) is 3. The fourth-order valence-electron chi connectivity index (χ4n) is 1.55. The van der Waals surface area contributed by atoms with E-state index in [4.69, 9.17) is 30.1 Å². The Morgan fingerprint density at radius 2 is 1.88 bits per heavy atom. The average molecular weight is 339 g/mol. The van der Waals surface area contributed by atoms with Crippen LogP contribution < -0.4 is 11.1 Å². The fourth-order valence-corrected chi connectivity index (χ4v) is 1.55. The lowest BCUT2D eigenvalue weighted by Gasteiger charge is -2.15.